The number of benzene rings is 1. The van der Waals surface area contributed by atoms with Crippen LogP contribution in [0.2, 0.25) is 0 Å². The molecule has 7 heteroatoms. The molecule has 6 nitrogen and oxygen atoms in total. The second-order valence-corrected chi connectivity index (χ2v) is 7.59. The average Bonchev–Trinajstić information content (AvgIpc) is 2.80. The first-order chi connectivity index (χ1) is 11.5. The largest absolute Gasteiger partial charge is 0.490 e. The number of ether oxygens (including phenoxy) is 2. The van der Waals surface area contributed by atoms with Gasteiger partial charge in [0.25, 0.3) is 5.91 Å². The molecule has 0 radical (unpaired) electrons. The second kappa shape index (κ2) is 5.46. The Labute approximate surface area is 149 Å². The van der Waals surface area contributed by atoms with E-state index in [1.54, 1.807) is 14.2 Å². The van der Waals surface area contributed by atoms with Crippen molar-refractivity contribution >= 4 is 27.8 Å². The van der Waals surface area contributed by atoms with E-state index in [4.69, 9.17) is 15.2 Å². The first kappa shape index (κ1) is 15.9. The Bertz CT molecular complexity index is 738. The molecule has 0 saturated heterocycles. The fraction of sp³-hybridized carbons (Fsp3) is 0.529. The van der Waals surface area contributed by atoms with Crippen molar-refractivity contribution in [3.63, 3.8) is 0 Å². The summed E-state index contributed by atoms with van der Waals surface area (Å²) < 4.78 is 12.7. The minimum absolute atomic E-state index is 0.0401. The number of likely N-dealkylation sites (N-methyl/N-ethyl adjacent to an activating group) is 1. The maximum Gasteiger partial charge on any atom is 0.262 e. The highest BCUT2D eigenvalue weighted by Gasteiger charge is 2.60. The van der Waals surface area contributed by atoms with Crippen LogP contribution in [0.3, 0.4) is 0 Å². The van der Waals surface area contributed by atoms with Gasteiger partial charge in [-0.15, -0.1) is 0 Å². The van der Waals surface area contributed by atoms with Crippen LogP contribution in [0.15, 0.2) is 27.7 Å². The Balaban J connectivity index is 1.90. The quantitative estimate of drug-likeness (QED) is 0.791. The summed E-state index contributed by atoms with van der Waals surface area (Å²) in [5.74, 6) is 0.854. The summed E-state index contributed by atoms with van der Waals surface area (Å²) in [5, 5.41) is 0. The van der Waals surface area contributed by atoms with E-state index in [2.05, 4.69) is 20.9 Å². The summed E-state index contributed by atoms with van der Waals surface area (Å²) in [6.07, 6.45) is 2.50. The smallest absolute Gasteiger partial charge is 0.262 e. The number of methoxy groups -OCH3 is 1. The minimum Gasteiger partial charge on any atom is -0.490 e. The van der Waals surface area contributed by atoms with E-state index in [0.29, 0.717) is 5.75 Å². The number of hydrogen-bond donors (Lipinski definition) is 1. The van der Waals surface area contributed by atoms with Gasteiger partial charge in [-0.05, 0) is 31.0 Å². The van der Waals surface area contributed by atoms with E-state index in [1.165, 1.54) is 4.90 Å². The van der Waals surface area contributed by atoms with Gasteiger partial charge in [0.1, 0.15) is 11.9 Å². The number of carbonyl (C=O) groups excluding carboxylic acids is 1. The zero-order chi connectivity index (χ0) is 17.1. The third-order valence-corrected chi connectivity index (χ3v) is 6.00. The number of carbonyl (C=O) groups is 1. The van der Waals surface area contributed by atoms with Gasteiger partial charge in [0, 0.05) is 36.5 Å². The molecule has 3 aliphatic rings. The Morgan fingerprint density at radius 3 is 2.92 bits per heavy atom. The van der Waals surface area contributed by atoms with Crippen molar-refractivity contribution in [3.8, 4) is 5.75 Å². The molecule has 0 aromatic heterocycles. The summed E-state index contributed by atoms with van der Waals surface area (Å²) >= 11 is 3.50. The molecule has 128 valence electrons. The van der Waals surface area contributed by atoms with Gasteiger partial charge in [0.15, 0.2) is 11.5 Å². The Kier molecular flexibility index (Phi) is 3.61. The molecular weight excluding hydrogens is 374 g/mol. The molecule has 4 rings (SSSR count). The lowest BCUT2D eigenvalue weighted by atomic mass is 9.67. The molecule has 1 aliphatic carbocycles. The van der Waals surface area contributed by atoms with Crippen molar-refractivity contribution in [2.75, 3.05) is 14.2 Å². The molecule has 24 heavy (non-hydrogen) atoms. The van der Waals surface area contributed by atoms with Gasteiger partial charge in [-0.25, -0.2) is 4.99 Å². The third-order valence-electron chi connectivity index (χ3n) is 5.51. The van der Waals surface area contributed by atoms with Crippen molar-refractivity contribution in [2.24, 2.45) is 16.6 Å². The maximum atomic E-state index is 13.2. The first-order valence-electron chi connectivity index (χ1n) is 8.10. The normalized spacial score (nSPS) is 34.6. The van der Waals surface area contributed by atoms with Crippen LogP contribution in [0.5, 0.6) is 5.75 Å². The zero-order valence-electron chi connectivity index (χ0n) is 13.7. The van der Waals surface area contributed by atoms with E-state index in [9.17, 15) is 4.79 Å². The highest BCUT2D eigenvalue weighted by molar-refractivity contribution is 9.10. The summed E-state index contributed by atoms with van der Waals surface area (Å²) in [6.45, 7) is 0. The molecule has 1 spiro atoms. The number of halogens is 1. The van der Waals surface area contributed by atoms with Crippen molar-refractivity contribution in [3.05, 3.63) is 28.2 Å². The predicted molar refractivity (Wildman–Crippen MR) is 92.8 cm³/mol. The summed E-state index contributed by atoms with van der Waals surface area (Å²) in [7, 11) is 3.40. The number of guanidine groups is 1. The van der Waals surface area contributed by atoms with E-state index >= 15 is 0 Å². The van der Waals surface area contributed by atoms with E-state index < -0.39 is 5.54 Å². The van der Waals surface area contributed by atoms with Crippen LogP contribution in [0, 0.1) is 5.92 Å². The molecule has 4 atom stereocenters. The summed E-state index contributed by atoms with van der Waals surface area (Å²) in [6, 6.07) is 5.74. The van der Waals surface area contributed by atoms with Crippen molar-refractivity contribution in [1.82, 2.24) is 4.90 Å². The molecule has 1 saturated carbocycles. The number of amides is 1. The number of fused-ring (bicyclic) bond motifs is 4. The summed E-state index contributed by atoms with van der Waals surface area (Å²) in [4.78, 5) is 19.3. The lowest BCUT2D eigenvalue weighted by Crippen LogP contribution is -2.55. The Morgan fingerprint density at radius 1 is 1.46 bits per heavy atom. The maximum absolute atomic E-state index is 13.2. The lowest BCUT2D eigenvalue weighted by Gasteiger charge is -2.47. The molecule has 2 aliphatic heterocycles. The lowest BCUT2D eigenvalue weighted by molar-refractivity contribution is -0.138. The fourth-order valence-corrected chi connectivity index (χ4v) is 4.62. The molecule has 2 N–H and O–H groups in total. The number of hydrogen-bond acceptors (Lipinski definition) is 5. The van der Waals surface area contributed by atoms with Crippen LogP contribution in [0.25, 0.3) is 0 Å². The fourth-order valence-electron chi connectivity index (χ4n) is 4.26. The SMILES string of the molecule is COC1CC[C@@H]2[C@@H](C1)Oc1ccc(Br)cc1C21N=C(N)N(C)C1=O. The Hall–Kier alpha value is -1.60. The van der Waals surface area contributed by atoms with Crippen molar-refractivity contribution in [2.45, 2.75) is 37.0 Å². The van der Waals surface area contributed by atoms with Gasteiger partial charge in [0.2, 0.25) is 0 Å². The van der Waals surface area contributed by atoms with Gasteiger partial charge in [-0.2, -0.15) is 0 Å². The average molecular weight is 394 g/mol. The standard InChI is InChI=1S/C17H20BrN3O3/c1-21-15(22)17(20-16(21)19)11-5-4-10(23-2)8-14(11)24-13-6-3-9(18)7-12(13)17/h3,6-7,10-11,14H,4-5,8H2,1-2H3,(H2,19,20)/t10?,11-,14-,17?/m1/s1. The molecule has 0 bridgehead atoms. The molecule has 2 unspecified atom stereocenters. The monoisotopic (exact) mass is 393 g/mol. The van der Waals surface area contributed by atoms with Crippen molar-refractivity contribution < 1.29 is 14.3 Å². The third kappa shape index (κ3) is 2.04. The van der Waals surface area contributed by atoms with Gasteiger partial charge >= 0.3 is 0 Å². The van der Waals surface area contributed by atoms with Crippen LogP contribution in [0.4, 0.5) is 0 Å². The predicted octanol–water partition coefficient (Wildman–Crippen LogP) is 2.01. The number of aliphatic imine (C=N–C) groups is 1. The van der Waals surface area contributed by atoms with Crippen molar-refractivity contribution in [1.29, 1.82) is 0 Å². The van der Waals surface area contributed by atoms with E-state index in [0.717, 1.165) is 29.3 Å². The highest BCUT2D eigenvalue weighted by atomic mass is 79.9. The number of rotatable bonds is 1. The molecule has 2 heterocycles. The second-order valence-electron chi connectivity index (χ2n) is 6.67. The molecule has 1 amide bonds. The van der Waals surface area contributed by atoms with Crippen LogP contribution in [-0.4, -0.2) is 43.1 Å². The van der Waals surface area contributed by atoms with Crippen LogP contribution in [0.1, 0.15) is 24.8 Å². The van der Waals surface area contributed by atoms with Gasteiger partial charge in [-0.1, -0.05) is 15.9 Å². The number of nitrogens with zero attached hydrogens (tertiary/aromatic N) is 2. The van der Waals surface area contributed by atoms with Gasteiger partial charge < -0.3 is 15.2 Å². The first-order valence-corrected chi connectivity index (χ1v) is 8.89. The van der Waals surface area contributed by atoms with Gasteiger partial charge in [-0.3, -0.25) is 9.69 Å². The molecule has 1 aromatic carbocycles. The van der Waals surface area contributed by atoms with Gasteiger partial charge in [0.05, 0.1) is 6.10 Å². The summed E-state index contributed by atoms with van der Waals surface area (Å²) in [5.41, 5.74) is 5.83. The number of nitrogens with two attached hydrogens (primary N) is 1. The molecule has 1 fully saturated rings. The molecular formula is C17H20BrN3O3. The highest BCUT2D eigenvalue weighted by Crippen LogP contribution is 2.53. The Morgan fingerprint density at radius 2 is 2.25 bits per heavy atom. The topological polar surface area (TPSA) is 77.2 Å². The van der Waals surface area contributed by atoms with Crippen LogP contribution < -0.4 is 10.5 Å². The van der Waals surface area contributed by atoms with E-state index in [1.807, 2.05) is 18.2 Å². The van der Waals surface area contributed by atoms with E-state index in [-0.39, 0.29) is 30.0 Å². The van der Waals surface area contributed by atoms with Crippen LogP contribution in [-0.2, 0) is 15.1 Å². The zero-order valence-corrected chi connectivity index (χ0v) is 15.2. The van der Waals surface area contributed by atoms with Crippen LogP contribution >= 0.6 is 15.9 Å². The molecule has 1 aromatic rings. The minimum atomic E-state index is -0.987.